The van der Waals surface area contributed by atoms with E-state index in [1.165, 1.54) is 12.1 Å². The molecule has 162 valence electrons. The fourth-order valence-electron chi connectivity index (χ4n) is 3.98. The third-order valence-corrected chi connectivity index (χ3v) is 6.00. The first-order valence-electron chi connectivity index (χ1n) is 10.7. The van der Waals surface area contributed by atoms with Crippen molar-refractivity contribution in [1.82, 2.24) is 10.2 Å². The van der Waals surface area contributed by atoms with E-state index in [0.29, 0.717) is 18.0 Å². The predicted molar refractivity (Wildman–Crippen MR) is 122 cm³/mol. The summed E-state index contributed by atoms with van der Waals surface area (Å²) in [6.45, 7) is 3.42. The van der Waals surface area contributed by atoms with Crippen molar-refractivity contribution in [3.63, 3.8) is 0 Å². The van der Waals surface area contributed by atoms with E-state index >= 15 is 0 Å². The summed E-state index contributed by atoms with van der Waals surface area (Å²) in [5.41, 5.74) is 1.82. The monoisotopic (exact) mass is 440 g/mol. The summed E-state index contributed by atoms with van der Waals surface area (Å²) < 4.78 is 19.4. The molecule has 0 saturated carbocycles. The largest absolute Gasteiger partial charge is 0.488 e. The standard InChI is InChI=1S/C25H26ClFN2O2/c26-23-15-20(27)10-8-19(23)17-31-24-11-9-18-5-1-2-6-21(18)22(24)16-28-12-4-14-29-13-3-7-25(29)30/h1-2,5-6,8-11,15,28H,3-4,7,12-14,16-17H2. The summed E-state index contributed by atoms with van der Waals surface area (Å²) in [5.74, 6) is 0.686. The van der Waals surface area contributed by atoms with Crippen molar-refractivity contribution in [3.05, 3.63) is 76.6 Å². The quantitative estimate of drug-likeness (QED) is 0.458. The zero-order valence-electron chi connectivity index (χ0n) is 17.4. The van der Waals surface area contributed by atoms with Gasteiger partial charge in [0.2, 0.25) is 5.91 Å². The molecule has 4 nitrogen and oxygen atoms in total. The Morgan fingerprint density at radius 1 is 1.13 bits per heavy atom. The van der Waals surface area contributed by atoms with E-state index in [9.17, 15) is 9.18 Å². The van der Waals surface area contributed by atoms with Crippen LogP contribution in [0.15, 0.2) is 54.6 Å². The van der Waals surface area contributed by atoms with Crippen molar-refractivity contribution in [3.8, 4) is 5.75 Å². The van der Waals surface area contributed by atoms with Crippen LogP contribution in [0.3, 0.4) is 0 Å². The molecule has 0 spiro atoms. The molecule has 1 amide bonds. The number of likely N-dealkylation sites (tertiary alicyclic amines) is 1. The number of hydrogen-bond donors (Lipinski definition) is 1. The van der Waals surface area contributed by atoms with Crippen LogP contribution in [0.1, 0.15) is 30.4 Å². The summed E-state index contributed by atoms with van der Waals surface area (Å²) in [7, 11) is 0. The minimum atomic E-state index is -0.361. The Kier molecular flexibility index (Phi) is 7.05. The number of rotatable bonds is 9. The van der Waals surface area contributed by atoms with Crippen molar-refractivity contribution in [2.24, 2.45) is 0 Å². The molecule has 0 aliphatic carbocycles. The number of halogens is 2. The van der Waals surface area contributed by atoms with Gasteiger partial charge in [0.25, 0.3) is 0 Å². The van der Waals surface area contributed by atoms with Gasteiger partial charge in [-0.1, -0.05) is 48.0 Å². The van der Waals surface area contributed by atoms with E-state index in [4.69, 9.17) is 16.3 Å². The third-order valence-electron chi connectivity index (χ3n) is 5.65. The highest BCUT2D eigenvalue weighted by molar-refractivity contribution is 6.31. The maximum atomic E-state index is 13.3. The van der Waals surface area contributed by atoms with Gasteiger partial charge in [0, 0.05) is 37.2 Å². The molecule has 6 heteroatoms. The summed E-state index contributed by atoms with van der Waals surface area (Å²) in [4.78, 5) is 13.7. The second-order valence-corrected chi connectivity index (χ2v) is 8.21. The molecule has 1 saturated heterocycles. The van der Waals surface area contributed by atoms with Gasteiger partial charge in [-0.3, -0.25) is 4.79 Å². The van der Waals surface area contributed by atoms with Crippen LogP contribution in [0.2, 0.25) is 5.02 Å². The topological polar surface area (TPSA) is 41.6 Å². The first-order valence-corrected chi connectivity index (χ1v) is 11.1. The maximum Gasteiger partial charge on any atom is 0.222 e. The van der Waals surface area contributed by atoms with Crippen LogP contribution in [0, 0.1) is 5.82 Å². The number of amides is 1. The molecule has 0 atom stereocenters. The fourth-order valence-corrected chi connectivity index (χ4v) is 4.20. The zero-order valence-corrected chi connectivity index (χ0v) is 18.1. The van der Waals surface area contributed by atoms with Gasteiger partial charge >= 0.3 is 0 Å². The Hall–Kier alpha value is -2.63. The summed E-state index contributed by atoms with van der Waals surface area (Å²) in [6, 6.07) is 16.6. The van der Waals surface area contributed by atoms with Gasteiger partial charge in [0.15, 0.2) is 0 Å². The molecular weight excluding hydrogens is 415 g/mol. The maximum absolute atomic E-state index is 13.3. The smallest absolute Gasteiger partial charge is 0.222 e. The normalized spacial score (nSPS) is 13.9. The lowest BCUT2D eigenvalue weighted by atomic mass is 10.0. The van der Waals surface area contributed by atoms with Crippen molar-refractivity contribution >= 4 is 28.3 Å². The van der Waals surface area contributed by atoms with E-state index in [1.54, 1.807) is 6.07 Å². The van der Waals surface area contributed by atoms with E-state index in [2.05, 4.69) is 17.4 Å². The highest BCUT2D eigenvalue weighted by Gasteiger charge is 2.19. The number of fused-ring (bicyclic) bond motifs is 1. The van der Waals surface area contributed by atoms with Gasteiger partial charge in [-0.05, 0) is 48.4 Å². The molecule has 0 bridgehead atoms. The van der Waals surface area contributed by atoms with Crippen LogP contribution in [-0.4, -0.2) is 30.4 Å². The van der Waals surface area contributed by atoms with Gasteiger partial charge in [0.05, 0.1) is 5.02 Å². The van der Waals surface area contributed by atoms with E-state index in [0.717, 1.165) is 60.1 Å². The zero-order chi connectivity index (χ0) is 21.6. The average molecular weight is 441 g/mol. The molecule has 1 heterocycles. The van der Waals surface area contributed by atoms with Crippen LogP contribution >= 0.6 is 11.6 Å². The van der Waals surface area contributed by atoms with Gasteiger partial charge in [0.1, 0.15) is 18.2 Å². The van der Waals surface area contributed by atoms with Crippen molar-refractivity contribution in [1.29, 1.82) is 0 Å². The molecule has 3 aromatic carbocycles. The van der Waals surface area contributed by atoms with Gasteiger partial charge in [-0.15, -0.1) is 0 Å². The molecule has 3 aromatic rings. The number of nitrogens with one attached hydrogen (secondary N) is 1. The highest BCUT2D eigenvalue weighted by Crippen LogP contribution is 2.29. The Balaban J connectivity index is 1.43. The number of carbonyl (C=O) groups is 1. The van der Waals surface area contributed by atoms with E-state index in [1.807, 2.05) is 29.2 Å². The van der Waals surface area contributed by atoms with Gasteiger partial charge in [-0.2, -0.15) is 0 Å². The molecule has 1 N–H and O–H groups in total. The number of carbonyl (C=O) groups excluding carboxylic acids is 1. The first-order chi connectivity index (χ1) is 15.1. The van der Waals surface area contributed by atoms with E-state index < -0.39 is 0 Å². The molecule has 1 aliphatic rings. The van der Waals surface area contributed by atoms with Crippen molar-refractivity contribution < 1.29 is 13.9 Å². The van der Waals surface area contributed by atoms with Crippen LogP contribution in [0.4, 0.5) is 4.39 Å². The molecule has 31 heavy (non-hydrogen) atoms. The number of benzene rings is 3. The molecular formula is C25H26ClFN2O2. The molecule has 0 aromatic heterocycles. The van der Waals surface area contributed by atoms with Crippen molar-refractivity contribution in [2.75, 3.05) is 19.6 Å². The van der Waals surface area contributed by atoms with Crippen LogP contribution in [0.5, 0.6) is 5.75 Å². The second kappa shape index (κ2) is 10.1. The predicted octanol–water partition coefficient (Wildman–Crippen LogP) is 5.31. The summed E-state index contributed by atoms with van der Waals surface area (Å²) >= 11 is 6.15. The SMILES string of the molecule is O=C1CCCN1CCCNCc1c(OCc2ccc(F)cc2Cl)ccc2ccccc12. The molecule has 1 fully saturated rings. The number of ether oxygens (including phenoxy) is 1. The summed E-state index contributed by atoms with van der Waals surface area (Å²) in [5, 5.41) is 6.13. The number of nitrogens with zero attached hydrogens (tertiary/aromatic N) is 1. The Bertz CT molecular complexity index is 1070. The lowest BCUT2D eigenvalue weighted by Gasteiger charge is -2.17. The second-order valence-electron chi connectivity index (χ2n) is 7.80. The molecule has 0 unspecified atom stereocenters. The lowest BCUT2D eigenvalue weighted by Crippen LogP contribution is -2.28. The minimum absolute atomic E-state index is 0.265. The Labute approximate surface area is 187 Å². The van der Waals surface area contributed by atoms with Crippen LogP contribution < -0.4 is 10.1 Å². The Morgan fingerprint density at radius 3 is 2.81 bits per heavy atom. The van der Waals surface area contributed by atoms with Gasteiger partial charge in [-0.25, -0.2) is 4.39 Å². The lowest BCUT2D eigenvalue weighted by molar-refractivity contribution is -0.127. The average Bonchev–Trinajstić information content (AvgIpc) is 3.18. The Morgan fingerprint density at radius 2 is 2.00 bits per heavy atom. The number of hydrogen-bond acceptors (Lipinski definition) is 3. The molecule has 4 rings (SSSR count). The highest BCUT2D eigenvalue weighted by atomic mass is 35.5. The summed E-state index contributed by atoms with van der Waals surface area (Å²) in [6.07, 6.45) is 2.57. The minimum Gasteiger partial charge on any atom is -0.488 e. The molecule has 1 aliphatic heterocycles. The van der Waals surface area contributed by atoms with Gasteiger partial charge < -0.3 is 15.0 Å². The first kappa shape index (κ1) is 21.6. The van der Waals surface area contributed by atoms with Crippen LogP contribution in [-0.2, 0) is 17.9 Å². The fraction of sp³-hybridized carbons (Fsp3) is 0.320. The van der Waals surface area contributed by atoms with E-state index in [-0.39, 0.29) is 18.3 Å². The van der Waals surface area contributed by atoms with Crippen LogP contribution in [0.25, 0.3) is 10.8 Å². The third kappa shape index (κ3) is 5.35. The van der Waals surface area contributed by atoms with Crippen molar-refractivity contribution in [2.45, 2.75) is 32.4 Å². The molecule has 0 radical (unpaired) electrons.